The van der Waals surface area contributed by atoms with Gasteiger partial charge in [0.2, 0.25) is 0 Å². The summed E-state index contributed by atoms with van der Waals surface area (Å²) in [7, 11) is 0. The molecule has 112 valence electrons. The molecule has 0 aliphatic carbocycles. The van der Waals surface area contributed by atoms with Gasteiger partial charge in [0.05, 0.1) is 6.61 Å². The van der Waals surface area contributed by atoms with Crippen LogP contribution in [0.1, 0.15) is 11.1 Å². The minimum atomic E-state index is -0.675. The van der Waals surface area contributed by atoms with Crippen LogP contribution < -0.4 is 5.73 Å². The Labute approximate surface area is 136 Å². The highest BCUT2D eigenvalue weighted by Gasteiger charge is 2.31. The van der Waals surface area contributed by atoms with Gasteiger partial charge in [-0.25, -0.2) is 4.39 Å². The number of benzene rings is 2. The first-order chi connectivity index (χ1) is 10.0. The van der Waals surface area contributed by atoms with E-state index in [1.165, 1.54) is 12.1 Å². The Hall–Kier alpha value is -0.940. The summed E-state index contributed by atoms with van der Waals surface area (Å²) in [6.45, 7) is 0.100. The van der Waals surface area contributed by atoms with E-state index in [1.807, 2.05) is 12.1 Å². The van der Waals surface area contributed by atoms with Crippen LogP contribution in [-0.2, 0) is 11.8 Å². The van der Waals surface area contributed by atoms with Crippen LogP contribution in [-0.4, -0.2) is 18.3 Å². The maximum absolute atomic E-state index is 13.1. The SMILES string of the molecule is NCC(CO)(Cc1ccc(Br)cc1Cl)c1ccc(F)cc1. The molecule has 0 heterocycles. The maximum Gasteiger partial charge on any atom is 0.123 e. The van der Waals surface area contributed by atoms with Crippen molar-refractivity contribution in [3.8, 4) is 0 Å². The third-order valence-electron chi connectivity index (χ3n) is 3.69. The summed E-state index contributed by atoms with van der Waals surface area (Å²) in [4.78, 5) is 0. The quantitative estimate of drug-likeness (QED) is 0.841. The zero-order valence-corrected chi connectivity index (χ0v) is 13.7. The highest BCUT2D eigenvalue weighted by molar-refractivity contribution is 9.10. The second kappa shape index (κ2) is 6.88. The lowest BCUT2D eigenvalue weighted by atomic mass is 9.76. The topological polar surface area (TPSA) is 46.2 Å². The predicted octanol–water partition coefficient (Wildman–Crippen LogP) is 3.67. The normalized spacial score (nSPS) is 14.0. The van der Waals surface area contributed by atoms with Crippen molar-refractivity contribution in [3.05, 3.63) is 68.9 Å². The van der Waals surface area contributed by atoms with E-state index >= 15 is 0 Å². The van der Waals surface area contributed by atoms with Gasteiger partial charge in [0.15, 0.2) is 0 Å². The molecular weight excluding hydrogens is 357 g/mol. The molecule has 0 saturated carbocycles. The van der Waals surface area contributed by atoms with Gasteiger partial charge in [-0.3, -0.25) is 0 Å². The molecule has 0 aromatic heterocycles. The fourth-order valence-electron chi connectivity index (χ4n) is 2.34. The van der Waals surface area contributed by atoms with Crippen molar-refractivity contribution in [2.45, 2.75) is 11.8 Å². The second-order valence-corrected chi connectivity index (χ2v) is 6.38. The van der Waals surface area contributed by atoms with E-state index < -0.39 is 5.41 Å². The number of rotatable bonds is 5. The van der Waals surface area contributed by atoms with Crippen LogP contribution in [0.15, 0.2) is 46.9 Å². The van der Waals surface area contributed by atoms with Crippen LogP contribution >= 0.6 is 27.5 Å². The van der Waals surface area contributed by atoms with E-state index in [1.54, 1.807) is 18.2 Å². The first-order valence-corrected chi connectivity index (χ1v) is 7.69. The lowest BCUT2D eigenvalue weighted by Gasteiger charge is -2.31. The Balaban J connectivity index is 2.40. The Morgan fingerprint density at radius 1 is 1.19 bits per heavy atom. The van der Waals surface area contributed by atoms with Gasteiger partial charge in [0, 0.05) is 21.5 Å². The third kappa shape index (κ3) is 3.64. The molecule has 1 unspecified atom stereocenters. The van der Waals surface area contributed by atoms with Gasteiger partial charge in [-0.15, -0.1) is 0 Å². The van der Waals surface area contributed by atoms with Crippen LogP contribution in [0.25, 0.3) is 0 Å². The van der Waals surface area contributed by atoms with E-state index in [4.69, 9.17) is 17.3 Å². The van der Waals surface area contributed by atoms with Crippen molar-refractivity contribution in [1.29, 1.82) is 0 Å². The zero-order chi connectivity index (χ0) is 15.5. The Morgan fingerprint density at radius 2 is 1.86 bits per heavy atom. The fourth-order valence-corrected chi connectivity index (χ4v) is 3.08. The van der Waals surface area contributed by atoms with Gasteiger partial charge in [0.25, 0.3) is 0 Å². The lowest BCUT2D eigenvalue weighted by Crippen LogP contribution is -2.41. The molecular formula is C16H16BrClFNO. The molecule has 0 radical (unpaired) electrons. The van der Waals surface area contributed by atoms with E-state index in [0.29, 0.717) is 11.4 Å². The lowest BCUT2D eigenvalue weighted by molar-refractivity contribution is 0.196. The summed E-state index contributed by atoms with van der Waals surface area (Å²) >= 11 is 9.61. The molecule has 2 nitrogen and oxygen atoms in total. The Kier molecular flexibility index (Phi) is 5.38. The van der Waals surface area contributed by atoms with Crippen molar-refractivity contribution >= 4 is 27.5 Å². The van der Waals surface area contributed by atoms with Crippen molar-refractivity contribution in [2.75, 3.05) is 13.2 Å². The van der Waals surface area contributed by atoms with Gasteiger partial charge >= 0.3 is 0 Å². The summed E-state index contributed by atoms with van der Waals surface area (Å²) in [5, 5.41) is 10.5. The minimum absolute atomic E-state index is 0.137. The Bertz CT molecular complexity index is 614. The highest BCUT2D eigenvalue weighted by Crippen LogP contribution is 2.31. The monoisotopic (exact) mass is 371 g/mol. The number of nitrogens with two attached hydrogens (primary N) is 1. The molecule has 0 aliphatic heterocycles. The van der Waals surface area contributed by atoms with Gasteiger partial charge in [0.1, 0.15) is 5.82 Å². The van der Waals surface area contributed by atoms with Crippen LogP contribution in [0.2, 0.25) is 5.02 Å². The average molecular weight is 373 g/mol. The summed E-state index contributed by atoms with van der Waals surface area (Å²) in [6.07, 6.45) is 0.484. The van der Waals surface area contributed by atoms with E-state index in [2.05, 4.69) is 15.9 Å². The van der Waals surface area contributed by atoms with Crippen molar-refractivity contribution in [3.63, 3.8) is 0 Å². The first kappa shape index (κ1) is 16.4. The number of aliphatic hydroxyl groups is 1. The molecule has 3 N–H and O–H groups in total. The molecule has 0 bridgehead atoms. The van der Waals surface area contributed by atoms with Gasteiger partial charge < -0.3 is 10.8 Å². The van der Waals surface area contributed by atoms with Crippen LogP contribution in [0.5, 0.6) is 0 Å². The molecule has 0 fully saturated rings. The van der Waals surface area contributed by atoms with E-state index in [0.717, 1.165) is 15.6 Å². The molecule has 0 saturated heterocycles. The zero-order valence-electron chi connectivity index (χ0n) is 11.3. The van der Waals surface area contributed by atoms with Crippen LogP contribution in [0.4, 0.5) is 4.39 Å². The summed E-state index contributed by atoms with van der Waals surface area (Å²) < 4.78 is 14.0. The Morgan fingerprint density at radius 3 is 2.38 bits per heavy atom. The molecule has 5 heteroatoms. The molecule has 0 amide bonds. The minimum Gasteiger partial charge on any atom is -0.395 e. The summed E-state index contributed by atoms with van der Waals surface area (Å²) in [5.74, 6) is -0.315. The summed E-state index contributed by atoms with van der Waals surface area (Å²) in [6, 6.07) is 11.7. The number of hydrogen-bond donors (Lipinski definition) is 2. The van der Waals surface area contributed by atoms with Gasteiger partial charge in [-0.1, -0.05) is 45.7 Å². The molecule has 1 atom stereocenters. The predicted molar refractivity (Wildman–Crippen MR) is 87.1 cm³/mol. The standard InChI is InChI=1S/C16H16BrClFNO/c17-13-4-1-11(15(18)7-13)8-16(9-20,10-21)12-2-5-14(19)6-3-12/h1-7,21H,8-10,20H2. The molecule has 0 aliphatic rings. The van der Waals surface area contributed by atoms with Crippen LogP contribution in [0, 0.1) is 5.82 Å². The third-order valence-corrected chi connectivity index (χ3v) is 4.54. The second-order valence-electron chi connectivity index (χ2n) is 5.06. The largest absolute Gasteiger partial charge is 0.395 e. The summed E-state index contributed by atoms with van der Waals surface area (Å²) in [5.41, 5.74) is 6.93. The number of halogens is 3. The smallest absolute Gasteiger partial charge is 0.123 e. The highest BCUT2D eigenvalue weighted by atomic mass is 79.9. The number of hydrogen-bond acceptors (Lipinski definition) is 2. The molecule has 2 aromatic rings. The average Bonchev–Trinajstić information content (AvgIpc) is 2.48. The molecule has 2 rings (SSSR count). The van der Waals surface area contributed by atoms with E-state index in [9.17, 15) is 9.50 Å². The maximum atomic E-state index is 13.1. The molecule has 2 aromatic carbocycles. The fraction of sp³-hybridized carbons (Fsp3) is 0.250. The molecule has 21 heavy (non-hydrogen) atoms. The van der Waals surface area contributed by atoms with E-state index in [-0.39, 0.29) is 19.0 Å². The van der Waals surface area contributed by atoms with Gasteiger partial charge in [-0.05, 0) is 41.8 Å². The number of aliphatic hydroxyl groups excluding tert-OH is 1. The van der Waals surface area contributed by atoms with Gasteiger partial charge in [-0.2, -0.15) is 0 Å². The van der Waals surface area contributed by atoms with Crippen molar-refractivity contribution in [1.82, 2.24) is 0 Å². The van der Waals surface area contributed by atoms with Crippen molar-refractivity contribution < 1.29 is 9.50 Å². The van der Waals surface area contributed by atoms with Crippen molar-refractivity contribution in [2.24, 2.45) is 5.73 Å². The first-order valence-electron chi connectivity index (χ1n) is 6.52. The van der Waals surface area contributed by atoms with Crippen LogP contribution in [0.3, 0.4) is 0 Å². The molecule has 0 spiro atoms.